The Kier molecular flexibility index (Phi) is 3.58. The van der Waals surface area contributed by atoms with E-state index in [1.807, 2.05) is 24.3 Å². The van der Waals surface area contributed by atoms with Crippen molar-refractivity contribution in [2.24, 2.45) is 0 Å². The number of rotatable bonds is 2. The fourth-order valence-electron chi connectivity index (χ4n) is 2.77. The zero-order valence-electron chi connectivity index (χ0n) is 12.9. The second-order valence-electron chi connectivity index (χ2n) is 6.22. The van der Waals surface area contributed by atoms with E-state index in [2.05, 4.69) is 39.8 Å². The molecule has 2 heteroatoms. The molecule has 0 saturated carbocycles. The molecule has 0 radical (unpaired) electrons. The van der Waals surface area contributed by atoms with Crippen LogP contribution < -0.4 is 0 Å². The third kappa shape index (κ3) is 2.38. The summed E-state index contributed by atoms with van der Waals surface area (Å²) >= 11 is 5.75. The van der Waals surface area contributed by atoms with E-state index in [9.17, 15) is 0 Å². The molecule has 2 aromatic carbocycles. The third-order valence-electron chi connectivity index (χ3n) is 4.02. The smallest absolute Gasteiger partial charge is 0.136 e. The van der Waals surface area contributed by atoms with Crippen LogP contribution in [0.3, 0.4) is 0 Å². The molecule has 1 nitrogen and oxygen atoms in total. The predicted octanol–water partition coefficient (Wildman–Crippen LogP) is 6.56. The van der Waals surface area contributed by atoms with Gasteiger partial charge in [-0.15, -0.1) is 0 Å². The van der Waals surface area contributed by atoms with Crippen molar-refractivity contribution in [1.29, 1.82) is 0 Å². The highest BCUT2D eigenvalue weighted by Gasteiger charge is 2.14. The molecule has 1 heterocycles. The molecule has 0 spiro atoms. The van der Waals surface area contributed by atoms with Crippen molar-refractivity contribution in [3.8, 4) is 0 Å². The molecule has 0 atom stereocenters. The lowest BCUT2D eigenvalue weighted by Crippen LogP contribution is -1.96. The average molecular weight is 296 g/mol. The Bertz CT molecular complexity index is 872. The first-order valence-electron chi connectivity index (χ1n) is 7.48. The van der Waals surface area contributed by atoms with E-state index in [1.165, 1.54) is 11.1 Å². The largest absolute Gasteiger partial charge is 0.456 e. The summed E-state index contributed by atoms with van der Waals surface area (Å²) in [5, 5.41) is 2.13. The quantitative estimate of drug-likeness (QED) is 0.392. The Morgan fingerprint density at radius 2 is 1.62 bits per heavy atom. The van der Waals surface area contributed by atoms with Gasteiger partial charge in [-0.1, -0.05) is 58.1 Å². The van der Waals surface area contributed by atoms with Gasteiger partial charge in [-0.2, -0.15) is 0 Å². The highest BCUT2D eigenvalue weighted by Crippen LogP contribution is 2.34. The Hall–Kier alpha value is -1.67. The molecule has 0 fully saturated rings. The van der Waals surface area contributed by atoms with Crippen molar-refractivity contribution < 1.29 is 4.42 Å². The van der Waals surface area contributed by atoms with Crippen LogP contribution in [0.15, 0.2) is 40.8 Å². The summed E-state index contributed by atoms with van der Waals surface area (Å²) in [6.07, 6.45) is 0. The van der Waals surface area contributed by atoms with E-state index >= 15 is 0 Å². The summed E-state index contributed by atoms with van der Waals surface area (Å²) < 4.78 is 7.05. The van der Waals surface area contributed by atoms with Crippen molar-refractivity contribution in [1.82, 2.24) is 0 Å². The first kappa shape index (κ1) is 14.3. The van der Waals surface area contributed by atoms with Crippen LogP contribution in [0.4, 0.5) is 0 Å². The number of hydrogen-bond donors (Lipinski definition) is 0. The second kappa shape index (κ2) is 5.27. The van der Waals surface area contributed by atoms with E-state index < -0.39 is 0 Å². The van der Waals surface area contributed by atoms with Gasteiger partial charge in [0.1, 0.15) is 11.2 Å². The van der Waals surface area contributed by atoms with Crippen LogP contribution in [-0.2, 0) is 0 Å². The first-order valence-corrected chi connectivity index (χ1v) is 7.89. The van der Waals surface area contributed by atoms with E-state index in [-0.39, 0.29) is 0 Å². The second-order valence-corrected chi connectivity index (χ2v) is 6.63. The van der Waals surface area contributed by atoms with Gasteiger partial charge in [0.2, 0.25) is 0 Å². The van der Waals surface area contributed by atoms with Gasteiger partial charge >= 0.3 is 0 Å². The summed E-state index contributed by atoms with van der Waals surface area (Å²) in [4.78, 5) is 0. The van der Waals surface area contributed by atoms with E-state index in [0.29, 0.717) is 11.8 Å². The molecular formula is C19H20OS. The maximum absolute atomic E-state index is 6.14. The van der Waals surface area contributed by atoms with Gasteiger partial charge in [0.25, 0.3) is 0 Å². The van der Waals surface area contributed by atoms with Gasteiger partial charge in [0, 0.05) is 10.8 Å². The Labute approximate surface area is 130 Å². The van der Waals surface area contributed by atoms with Crippen molar-refractivity contribution in [2.45, 2.75) is 39.5 Å². The van der Waals surface area contributed by atoms with Crippen molar-refractivity contribution in [2.75, 3.05) is 0 Å². The lowest BCUT2D eigenvalue weighted by atomic mass is 9.92. The monoisotopic (exact) mass is 296 g/mol. The van der Waals surface area contributed by atoms with E-state index in [4.69, 9.17) is 16.6 Å². The summed E-state index contributed by atoms with van der Waals surface area (Å²) in [5.74, 6) is 0.895. The Balaban J connectivity index is 2.52. The van der Waals surface area contributed by atoms with Crippen LogP contribution >= 0.6 is 12.2 Å². The molecular weight excluding hydrogens is 276 g/mol. The van der Waals surface area contributed by atoms with E-state index in [1.54, 1.807) is 0 Å². The molecule has 0 bridgehead atoms. The van der Waals surface area contributed by atoms with Crippen LogP contribution in [-0.4, -0.2) is 0 Å². The van der Waals surface area contributed by atoms with Crippen molar-refractivity contribution in [3.63, 3.8) is 0 Å². The van der Waals surface area contributed by atoms with Crippen LogP contribution in [0, 0.1) is 4.51 Å². The molecule has 0 saturated heterocycles. The standard InChI is InChI=1S/C19H20OS/c1-11(2)13-9-15(12(3)4)18-17(10-13)20-16-8-6-5-7-14(16)19(18)21/h5-12H,1-4H3. The van der Waals surface area contributed by atoms with Crippen LogP contribution in [0.25, 0.3) is 21.9 Å². The third-order valence-corrected chi connectivity index (χ3v) is 4.45. The van der Waals surface area contributed by atoms with Gasteiger partial charge in [0.15, 0.2) is 0 Å². The molecule has 0 aliphatic rings. The predicted molar refractivity (Wildman–Crippen MR) is 92.7 cm³/mol. The first-order chi connectivity index (χ1) is 9.99. The zero-order chi connectivity index (χ0) is 15.1. The van der Waals surface area contributed by atoms with Crippen molar-refractivity contribution in [3.05, 3.63) is 52.0 Å². The zero-order valence-corrected chi connectivity index (χ0v) is 13.8. The number of fused-ring (bicyclic) bond motifs is 2. The fraction of sp³-hybridized carbons (Fsp3) is 0.316. The van der Waals surface area contributed by atoms with Gasteiger partial charge in [0.05, 0.1) is 4.51 Å². The lowest BCUT2D eigenvalue weighted by Gasteiger charge is -2.15. The molecule has 0 aliphatic carbocycles. The number of hydrogen-bond acceptors (Lipinski definition) is 2. The van der Waals surface area contributed by atoms with Crippen LogP contribution in [0.5, 0.6) is 0 Å². The molecule has 0 unspecified atom stereocenters. The molecule has 3 rings (SSSR count). The van der Waals surface area contributed by atoms with Gasteiger partial charge in [-0.3, -0.25) is 0 Å². The highest BCUT2D eigenvalue weighted by molar-refractivity contribution is 7.72. The maximum atomic E-state index is 6.14. The summed E-state index contributed by atoms with van der Waals surface area (Å²) in [5.41, 5.74) is 4.37. The lowest BCUT2D eigenvalue weighted by molar-refractivity contribution is 0.657. The topological polar surface area (TPSA) is 13.1 Å². The SMILES string of the molecule is CC(C)c1cc(C(C)C)c2c(=S)c3ccccc3oc2c1. The molecule has 0 N–H and O–H groups in total. The Morgan fingerprint density at radius 1 is 0.905 bits per heavy atom. The summed E-state index contributed by atoms with van der Waals surface area (Å²) in [7, 11) is 0. The molecule has 0 amide bonds. The summed E-state index contributed by atoms with van der Waals surface area (Å²) in [6, 6.07) is 12.5. The molecule has 0 aliphatic heterocycles. The van der Waals surface area contributed by atoms with E-state index in [0.717, 1.165) is 26.4 Å². The number of para-hydroxylation sites is 1. The van der Waals surface area contributed by atoms with Gasteiger partial charge < -0.3 is 4.42 Å². The maximum Gasteiger partial charge on any atom is 0.136 e. The number of benzene rings is 2. The minimum atomic E-state index is 0.421. The minimum Gasteiger partial charge on any atom is -0.456 e. The normalized spacial score (nSPS) is 11.9. The Morgan fingerprint density at radius 3 is 2.29 bits per heavy atom. The van der Waals surface area contributed by atoms with Crippen LogP contribution in [0.2, 0.25) is 0 Å². The van der Waals surface area contributed by atoms with Crippen molar-refractivity contribution >= 4 is 34.2 Å². The molecule has 21 heavy (non-hydrogen) atoms. The minimum absolute atomic E-state index is 0.421. The summed E-state index contributed by atoms with van der Waals surface area (Å²) in [6.45, 7) is 8.84. The molecule has 1 aromatic heterocycles. The molecule has 108 valence electrons. The fourth-order valence-corrected chi connectivity index (χ4v) is 3.15. The van der Waals surface area contributed by atoms with Gasteiger partial charge in [-0.05, 0) is 41.2 Å². The van der Waals surface area contributed by atoms with Crippen LogP contribution in [0.1, 0.15) is 50.7 Å². The highest BCUT2D eigenvalue weighted by atomic mass is 32.1. The van der Waals surface area contributed by atoms with Gasteiger partial charge in [-0.25, -0.2) is 0 Å². The molecule has 3 aromatic rings. The average Bonchev–Trinajstić information content (AvgIpc) is 2.46.